The first-order valence-electron chi connectivity index (χ1n) is 7.86. The molecule has 0 fully saturated rings. The number of carbonyl (C=O) groups excluding carboxylic acids is 2. The summed E-state index contributed by atoms with van der Waals surface area (Å²) in [5.41, 5.74) is -0.275. The number of amides is 1. The maximum absolute atomic E-state index is 12.1. The van der Waals surface area contributed by atoms with Gasteiger partial charge in [-0.2, -0.15) is 4.98 Å². The number of halogens is 1. The molecule has 2 aromatic rings. The number of esters is 1. The number of hydrogen-bond donors (Lipinski definition) is 1. The third kappa shape index (κ3) is 4.79. The maximum Gasteiger partial charge on any atom is 0.331 e. The Bertz CT molecular complexity index is 745. The predicted octanol–water partition coefficient (Wildman–Crippen LogP) is 2.78. The SMILES string of the molecule is CC[C@](C)(NC(=O)CCc1nc(-c2ccc(Cl)cc2)no1)C(=O)OC. The van der Waals surface area contributed by atoms with Crippen LogP contribution in [0.4, 0.5) is 0 Å². The van der Waals surface area contributed by atoms with Crippen LogP contribution in [0.3, 0.4) is 0 Å². The van der Waals surface area contributed by atoms with Crippen LogP contribution in [0.25, 0.3) is 11.4 Å². The summed E-state index contributed by atoms with van der Waals surface area (Å²) in [4.78, 5) is 28.1. The lowest BCUT2D eigenvalue weighted by atomic mass is 9.99. The highest BCUT2D eigenvalue weighted by molar-refractivity contribution is 6.30. The van der Waals surface area contributed by atoms with E-state index in [-0.39, 0.29) is 18.7 Å². The van der Waals surface area contributed by atoms with Crippen LogP contribution in [-0.2, 0) is 20.7 Å². The van der Waals surface area contributed by atoms with E-state index in [0.29, 0.717) is 23.2 Å². The molecule has 7 nitrogen and oxygen atoms in total. The number of carbonyl (C=O) groups is 2. The Hall–Kier alpha value is -2.41. The molecule has 0 aliphatic carbocycles. The average molecular weight is 366 g/mol. The van der Waals surface area contributed by atoms with Crippen molar-refractivity contribution in [2.75, 3.05) is 7.11 Å². The van der Waals surface area contributed by atoms with E-state index < -0.39 is 11.5 Å². The van der Waals surface area contributed by atoms with E-state index in [2.05, 4.69) is 15.5 Å². The standard InChI is InChI=1S/C17H20ClN3O4/c1-4-17(2,16(23)24-3)20-13(22)9-10-14-19-15(21-25-14)11-5-7-12(18)8-6-11/h5-8H,4,9-10H2,1-3H3,(H,20,22)/t17-/m0/s1. The molecule has 1 atom stereocenters. The van der Waals surface area contributed by atoms with E-state index in [1.54, 1.807) is 38.1 Å². The summed E-state index contributed by atoms with van der Waals surface area (Å²) in [6.07, 6.45) is 0.814. The largest absolute Gasteiger partial charge is 0.467 e. The summed E-state index contributed by atoms with van der Waals surface area (Å²) in [6.45, 7) is 3.43. The van der Waals surface area contributed by atoms with Crippen molar-refractivity contribution in [3.05, 3.63) is 35.2 Å². The number of aryl methyl sites for hydroxylation is 1. The van der Waals surface area contributed by atoms with E-state index in [1.807, 2.05) is 0 Å². The first-order valence-corrected chi connectivity index (χ1v) is 8.23. The van der Waals surface area contributed by atoms with Gasteiger partial charge >= 0.3 is 5.97 Å². The first-order chi connectivity index (χ1) is 11.9. The van der Waals surface area contributed by atoms with Crippen molar-refractivity contribution >= 4 is 23.5 Å². The number of nitrogens with one attached hydrogen (secondary N) is 1. The minimum Gasteiger partial charge on any atom is -0.467 e. The van der Waals surface area contributed by atoms with Gasteiger partial charge in [0.1, 0.15) is 5.54 Å². The molecule has 0 unspecified atom stereocenters. The molecule has 0 bridgehead atoms. The van der Waals surface area contributed by atoms with Crippen molar-refractivity contribution in [1.82, 2.24) is 15.5 Å². The van der Waals surface area contributed by atoms with Crippen molar-refractivity contribution in [2.45, 2.75) is 38.6 Å². The highest BCUT2D eigenvalue weighted by atomic mass is 35.5. The molecule has 134 valence electrons. The van der Waals surface area contributed by atoms with Crippen LogP contribution in [0.1, 0.15) is 32.6 Å². The summed E-state index contributed by atoms with van der Waals surface area (Å²) >= 11 is 5.84. The van der Waals surface area contributed by atoms with Crippen LogP contribution in [0.2, 0.25) is 5.02 Å². The number of methoxy groups -OCH3 is 1. The van der Waals surface area contributed by atoms with Crippen molar-refractivity contribution in [3.63, 3.8) is 0 Å². The third-order valence-electron chi connectivity index (χ3n) is 3.89. The zero-order valence-electron chi connectivity index (χ0n) is 14.3. The predicted molar refractivity (Wildman–Crippen MR) is 91.9 cm³/mol. The minimum absolute atomic E-state index is 0.120. The summed E-state index contributed by atoms with van der Waals surface area (Å²) < 4.78 is 9.89. The van der Waals surface area contributed by atoms with Gasteiger partial charge in [-0.15, -0.1) is 0 Å². The highest BCUT2D eigenvalue weighted by Gasteiger charge is 2.33. The van der Waals surface area contributed by atoms with E-state index in [1.165, 1.54) is 7.11 Å². The van der Waals surface area contributed by atoms with Gasteiger partial charge in [0, 0.05) is 23.4 Å². The molecule has 1 heterocycles. The summed E-state index contributed by atoms with van der Waals surface area (Å²) in [6, 6.07) is 7.04. The highest BCUT2D eigenvalue weighted by Crippen LogP contribution is 2.19. The Morgan fingerprint density at radius 2 is 2.00 bits per heavy atom. The minimum atomic E-state index is -1.05. The molecule has 1 aromatic heterocycles. The van der Waals surface area contributed by atoms with E-state index in [4.69, 9.17) is 20.9 Å². The van der Waals surface area contributed by atoms with Crippen molar-refractivity contribution in [1.29, 1.82) is 0 Å². The number of nitrogens with zero attached hydrogens (tertiary/aromatic N) is 2. The molecule has 0 saturated heterocycles. The maximum atomic E-state index is 12.1. The zero-order valence-corrected chi connectivity index (χ0v) is 15.1. The lowest BCUT2D eigenvalue weighted by molar-refractivity contribution is -0.150. The fourth-order valence-electron chi connectivity index (χ4n) is 2.17. The Balaban J connectivity index is 1.94. The molecule has 1 aromatic carbocycles. The van der Waals surface area contributed by atoms with Crippen molar-refractivity contribution in [3.8, 4) is 11.4 Å². The molecule has 0 saturated carbocycles. The van der Waals surface area contributed by atoms with Crippen LogP contribution >= 0.6 is 11.6 Å². The fourth-order valence-corrected chi connectivity index (χ4v) is 2.30. The number of benzene rings is 1. The molecule has 0 aliphatic heterocycles. The topological polar surface area (TPSA) is 94.3 Å². The Morgan fingerprint density at radius 1 is 1.32 bits per heavy atom. The van der Waals surface area contributed by atoms with Gasteiger partial charge in [-0.05, 0) is 37.6 Å². The monoisotopic (exact) mass is 365 g/mol. The lowest BCUT2D eigenvalue weighted by Crippen LogP contribution is -2.52. The quantitative estimate of drug-likeness (QED) is 0.758. The summed E-state index contributed by atoms with van der Waals surface area (Å²) in [7, 11) is 1.29. The zero-order chi connectivity index (χ0) is 18.4. The van der Waals surface area contributed by atoms with Gasteiger partial charge in [0.25, 0.3) is 0 Å². The molecule has 25 heavy (non-hydrogen) atoms. The van der Waals surface area contributed by atoms with Gasteiger partial charge in [0.05, 0.1) is 7.11 Å². The molecular weight excluding hydrogens is 346 g/mol. The van der Waals surface area contributed by atoms with Crippen LogP contribution < -0.4 is 5.32 Å². The Labute approximate surface area is 150 Å². The average Bonchev–Trinajstić information content (AvgIpc) is 3.08. The molecule has 2 rings (SSSR count). The van der Waals surface area contributed by atoms with E-state index in [9.17, 15) is 9.59 Å². The van der Waals surface area contributed by atoms with Gasteiger partial charge in [-0.3, -0.25) is 4.79 Å². The van der Waals surface area contributed by atoms with Crippen LogP contribution in [0.15, 0.2) is 28.8 Å². The molecule has 1 N–H and O–H groups in total. The second-order valence-electron chi connectivity index (χ2n) is 5.74. The number of rotatable bonds is 7. The second-order valence-corrected chi connectivity index (χ2v) is 6.18. The number of hydrogen-bond acceptors (Lipinski definition) is 6. The van der Waals surface area contributed by atoms with E-state index in [0.717, 1.165) is 5.56 Å². The number of ether oxygens (including phenoxy) is 1. The molecule has 8 heteroatoms. The lowest BCUT2D eigenvalue weighted by Gasteiger charge is -2.26. The van der Waals surface area contributed by atoms with Crippen molar-refractivity contribution in [2.24, 2.45) is 0 Å². The van der Waals surface area contributed by atoms with Gasteiger partial charge in [0.2, 0.25) is 17.6 Å². The van der Waals surface area contributed by atoms with Crippen molar-refractivity contribution < 1.29 is 18.8 Å². The van der Waals surface area contributed by atoms with E-state index >= 15 is 0 Å². The molecular formula is C17H20ClN3O4. The van der Waals surface area contributed by atoms with Crippen LogP contribution in [0.5, 0.6) is 0 Å². The van der Waals surface area contributed by atoms with Gasteiger partial charge in [-0.1, -0.05) is 23.7 Å². The molecule has 0 aliphatic rings. The Morgan fingerprint density at radius 3 is 2.60 bits per heavy atom. The molecule has 0 spiro atoms. The fraction of sp³-hybridized carbons (Fsp3) is 0.412. The summed E-state index contributed by atoms with van der Waals surface area (Å²) in [5.74, 6) is 0.00330. The molecule has 1 amide bonds. The second kappa shape index (κ2) is 8.11. The number of aromatic nitrogens is 2. The van der Waals surface area contributed by atoms with Crippen LogP contribution in [0, 0.1) is 0 Å². The third-order valence-corrected chi connectivity index (χ3v) is 4.15. The summed E-state index contributed by atoms with van der Waals surface area (Å²) in [5, 5.41) is 7.20. The normalized spacial score (nSPS) is 13.1. The van der Waals surface area contributed by atoms with Gasteiger partial charge in [0.15, 0.2) is 0 Å². The van der Waals surface area contributed by atoms with Gasteiger partial charge in [-0.25, -0.2) is 4.79 Å². The van der Waals surface area contributed by atoms with Gasteiger partial charge < -0.3 is 14.6 Å². The first kappa shape index (κ1) is 18.9. The smallest absolute Gasteiger partial charge is 0.331 e. The van der Waals surface area contributed by atoms with Crippen LogP contribution in [-0.4, -0.2) is 34.7 Å². The molecule has 0 radical (unpaired) electrons. The Kier molecular flexibility index (Phi) is 6.14.